The second kappa shape index (κ2) is 10.1. The Morgan fingerprint density at radius 1 is 1.12 bits per heavy atom. The number of nitrogens with one attached hydrogen (secondary N) is 1. The summed E-state index contributed by atoms with van der Waals surface area (Å²) >= 11 is 0. The zero-order valence-corrected chi connectivity index (χ0v) is 19.0. The van der Waals surface area contributed by atoms with Crippen molar-refractivity contribution in [1.82, 2.24) is 10.2 Å². The lowest BCUT2D eigenvalue weighted by Gasteiger charge is -2.35. The van der Waals surface area contributed by atoms with Gasteiger partial charge in [-0.1, -0.05) is 24.3 Å². The van der Waals surface area contributed by atoms with E-state index in [-0.39, 0.29) is 11.8 Å². The fourth-order valence-corrected chi connectivity index (χ4v) is 4.97. The van der Waals surface area contributed by atoms with E-state index in [2.05, 4.69) is 41.4 Å². The summed E-state index contributed by atoms with van der Waals surface area (Å²) < 4.78 is 0. The van der Waals surface area contributed by atoms with Gasteiger partial charge in [0.25, 0.3) is 5.91 Å². The number of likely N-dealkylation sites (tertiary alicyclic amines) is 1. The number of carbonyl (C=O) groups excluding carboxylic acids is 2. The largest absolute Gasteiger partial charge is 0.397 e. The number of nitrogens with zero attached hydrogens (tertiary/aromatic N) is 2. The van der Waals surface area contributed by atoms with Crippen LogP contribution in [-0.4, -0.2) is 49.4 Å². The average Bonchev–Trinajstić information content (AvgIpc) is 3.21. The van der Waals surface area contributed by atoms with Crippen molar-refractivity contribution in [3.8, 4) is 0 Å². The molecule has 2 saturated heterocycles. The molecule has 2 aliphatic rings. The van der Waals surface area contributed by atoms with Gasteiger partial charge in [-0.2, -0.15) is 0 Å². The molecule has 2 amide bonds. The van der Waals surface area contributed by atoms with Crippen LogP contribution in [0.25, 0.3) is 0 Å². The molecule has 2 aromatic rings. The van der Waals surface area contributed by atoms with Gasteiger partial charge in [0.1, 0.15) is 0 Å². The molecule has 0 atom stereocenters. The molecule has 0 unspecified atom stereocenters. The zero-order valence-electron chi connectivity index (χ0n) is 19.0. The summed E-state index contributed by atoms with van der Waals surface area (Å²) in [5, 5.41) is 2.95. The summed E-state index contributed by atoms with van der Waals surface area (Å²) in [4.78, 5) is 28.4. The van der Waals surface area contributed by atoms with Crippen molar-refractivity contribution < 1.29 is 9.59 Å². The number of anilines is 2. The first-order valence-electron chi connectivity index (χ1n) is 11.8. The van der Waals surface area contributed by atoms with E-state index in [0.29, 0.717) is 36.7 Å². The lowest BCUT2D eigenvalue weighted by Crippen LogP contribution is -2.33. The Bertz CT molecular complexity index is 966. The fourth-order valence-electron chi connectivity index (χ4n) is 4.97. The summed E-state index contributed by atoms with van der Waals surface area (Å²) in [5.41, 5.74) is 11.4. The highest BCUT2D eigenvalue weighted by molar-refractivity contribution is 5.96. The van der Waals surface area contributed by atoms with Gasteiger partial charge in [-0.05, 0) is 67.9 Å². The molecule has 2 aliphatic heterocycles. The van der Waals surface area contributed by atoms with Gasteiger partial charge in [0.2, 0.25) is 5.91 Å². The van der Waals surface area contributed by atoms with Crippen LogP contribution in [0.5, 0.6) is 0 Å². The Hall–Kier alpha value is -3.02. The molecule has 2 heterocycles. The summed E-state index contributed by atoms with van der Waals surface area (Å²) in [6.45, 7) is 6.21. The number of hydrogen-bond acceptors (Lipinski definition) is 4. The molecular formula is C26H34N4O2. The highest BCUT2D eigenvalue weighted by atomic mass is 16.2. The molecule has 32 heavy (non-hydrogen) atoms. The Labute approximate surface area is 190 Å². The maximum absolute atomic E-state index is 12.5. The Morgan fingerprint density at radius 3 is 2.59 bits per heavy atom. The number of piperidine rings is 1. The minimum absolute atomic E-state index is 0.116. The maximum Gasteiger partial charge on any atom is 0.251 e. The number of nitrogen functional groups attached to an aromatic ring is 1. The second-order valence-corrected chi connectivity index (χ2v) is 8.99. The molecular weight excluding hydrogens is 400 g/mol. The van der Waals surface area contributed by atoms with Crippen LogP contribution < -0.4 is 16.0 Å². The Morgan fingerprint density at radius 2 is 1.91 bits per heavy atom. The van der Waals surface area contributed by atoms with Crippen molar-refractivity contribution in [2.45, 2.75) is 44.9 Å². The van der Waals surface area contributed by atoms with Crippen LogP contribution in [0.2, 0.25) is 0 Å². The number of benzene rings is 2. The highest BCUT2D eigenvalue weighted by Gasteiger charge is 2.23. The van der Waals surface area contributed by atoms with E-state index in [1.54, 1.807) is 6.07 Å². The maximum atomic E-state index is 12.5. The summed E-state index contributed by atoms with van der Waals surface area (Å²) in [7, 11) is 0. The number of aryl methyl sites for hydroxylation is 1. The standard InChI is InChI=1S/C26H34N4O2/c1-19-6-2-3-7-22(19)20-11-16-29(17-12-20)24-10-9-21(18-23(24)27)26(32)28-13-5-15-30-14-4-8-25(30)31/h2-3,6-7,9-10,18,20H,4-5,8,11-17,27H2,1H3,(H,28,32). The third kappa shape index (κ3) is 5.06. The molecule has 0 bridgehead atoms. The van der Waals surface area contributed by atoms with Crippen molar-refractivity contribution in [3.63, 3.8) is 0 Å². The van der Waals surface area contributed by atoms with Gasteiger partial charge >= 0.3 is 0 Å². The molecule has 0 spiro atoms. The number of hydrogen-bond donors (Lipinski definition) is 2. The van der Waals surface area contributed by atoms with Crippen molar-refractivity contribution in [3.05, 3.63) is 59.2 Å². The van der Waals surface area contributed by atoms with Crippen LogP contribution in [0.3, 0.4) is 0 Å². The van der Waals surface area contributed by atoms with Crippen molar-refractivity contribution in [2.24, 2.45) is 0 Å². The smallest absolute Gasteiger partial charge is 0.251 e. The first kappa shape index (κ1) is 22.2. The van der Waals surface area contributed by atoms with Crippen molar-refractivity contribution in [1.29, 1.82) is 0 Å². The van der Waals surface area contributed by atoms with E-state index in [1.807, 2.05) is 17.0 Å². The molecule has 6 nitrogen and oxygen atoms in total. The molecule has 3 N–H and O–H groups in total. The molecule has 2 aromatic carbocycles. The third-order valence-electron chi connectivity index (χ3n) is 6.82. The van der Waals surface area contributed by atoms with Crippen LogP contribution in [0.1, 0.15) is 59.5 Å². The van der Waals surface area contributed by atoms with E-state index in [4.69, 9.17) is 5.73 Å². The first-order valence-corrected chi connectivity index (χ1v) is 11.8. The predicted octanol–water partition coefficient (Wildman–Crippen LogP) is 3.70. The van der Waals surface area contributed by atoms with E-state index in [0.717, 1.165) is 51.0 Å². The van der Waals surface area contributed by atoms with Crippen LogP contribution in [-0.2, 0) is 4.79 Å². The summed E-state index contributed by atoms with van der Waals surface area (Å²) in [6.07, 6.45) is 4.57. The average molecular weight is 435 g/mol. The van der Waals surface area contributed by atoms with Crippen LogP contribution in [0.4, 0.5) is 11.4 Å². The topological polar surface area (TPSA) is 78.7 Å². The SMILES string of the molecule is Cc1ccccc1C1CCN(c2ccc(C(=O)NCCCN3CCCC3=O)cc2N)CC1. The van der Waals surface area contributed by atoms with Gasteiger partial charge in [0, 0.05) is 44.7 Å². The van der Waals surface area contributed by atoms with E-state index >= 15 is 0 Å². The first-order chi connectivity index (χ1) is 15.5. The molecule has 170 valence electrons. The number of carbonyl (C=O) groups is 2. The van der Waals surface area contributed by atoms with E-state index < -0.39 is 0 Å². The Balaban J connectivity index is 1.28. The van der Waals surface area contributed by atoms with Crippen molar-refractivity contribution >= 4 is 23.2 Å². The molecule has 2 fully saturated rings. The summed E-state index contributed by atoms with van der Waals surface area (Å²) in [5.74, 6) is 0.700. The summed E-state index contributed by atoms with van der Waals surface area (Å²) in [6, 6.07) is 14.3. The monoisotopic (exact) mass is 434 g/mol. The van der Waals surface area contributed by atoms with Gasteiger partial charge < -0.3 is 20.9 Å². The minimum atomic E-state index is -0.116. The highest BCUT2D eigenvalue weighted by Crippen LogP contribution is 2.34. The fraction of sp³-hybridized carbons (Fsp3) is 0.462. The second-order valence-electron chi connectivity index (χ2n) is 8.99. The van der Waals surface area contributed by atoms with Crippen LogP contribution >= 0.6 is 0 Å². The van der Waals surface area contributed by atoms with Crippen molar-refractivity contribution in [2.75, 3.05) is 43.4 Å². The molecule has 0 radical (unpaired) electrons. The lowest BCUT2D eigenvalue weighted by molar-refractivity contribution is -0.127. The van der Waals surface area contributed by atoms with Gasteiger partial charge in [0.15, 0.2) is 0 Å². The number of rotatable bonds is 7. The zero-order chi connectivity index (χ0) is 22.5. The lowest BCUT2D eigenvalue weighted by atomic mass is 9.86. The molecule has 0 aliphatic carbocycles. The normalized spacial score (nSPS) is 17.1. The molecule has 6 heteroatoms. The van der Waals surface area contributed by atoms with Gasteiger partial charge in [-0.15, -0.1) is 0 Å². The molecule has 4 rings (SSSR count). The number of nitrogens with two attached hydrogens (primary N) is 1. The van der Waals surface area contributed by atoms with Gasteiger partial charge in [0.05, 0.1) is 11.4 Å². The predicted molar refractivity (Wildman–Crippen MR) is 129 cm³/mol. The quantitative estimate of drug-likeness (QED) is 0.514. The Kier molecular flexibility index (Phi) is 6.98. The minimum Gasteiger partial charge on any atom is -0.397 e. The van der Waals surface area contributed by atoms with Crippen LogP contribution in [0.15, 0.2) is 42.5 Å². The molecule has 0 saturated carbocycles. The van der Waals surface area contributed by atoms with E-state index in [9.17, 15) is 9.59 Å². The van der Waals surface area contributed by atoms with Crippen LogP contribution in [0, 0.1) is 6.92 Å². The third-order valence-corrected chi connectivity index (χ3v) is 6.82. The number of amides is 2. The van der Waals surface area contributed by atoms with Gasteiger partial charge in [-0.25, -0.2) is 0 Å². The van der Waals surface area contributed by atoms with Gasteiger partial charge in [-0.3, -0.25) is 9.59 Å². The molecule has 0 aromatic heterocycles. The van der Waals surface area contributed by atoms with E-state index in [1.165, 1.54) is 11.1 Å².